The molecule has 1 aliphatic heterocycles. The van der Waals surface area contributed by atoms with Gasteiger partial charge in [-0.15, -0.1) is 0 Å². The number of hydrogen-bond donors (Lipinski definition) is 0. The Bertz CT molecular complexity index is 309. The molecule has 14 heavy (non-hydrogen) atoms. The number of halogens is 1. The van der Waals surface area contributed by atoms with Gasteiger partial charge < -0.3 is 9.64 Å². The van der Waals surface area contributed by atoms with Crippen molar-refractivity contribution >= 4 is 29.1 Å². The first-order valence-electron chi connectivity index (χ1n) is 4.55. The highest BCUT2D eigenvalue weighted by molar-refractivity contribution is 6.99. The summed E-state index contributed by atoms with van der Waals surface area (Å²) in [6.45, 7) is 5.76. The van der Waals surface area contributed by atoms with Crippen LogP contribution >= 0.6 is 23.3 Å². The third kappa shape index (κ3) is 1.99. The molecule has 1 aromatic rings. The van der Waals surface area contributed by atoms with Gasteiger partial charge in [0, 0.05) is 13.1 Å². The summed E-state index contributed by atoms with van der Waals surface area (Å²) in [5, 5.41) is 0.497. The molecule has 0 saturated carbocycles. The molecule has 0 aromatic carbocycles. The molecule has 1 aliphatic rings. The molecule has 0 aliphatic carbocycles. The first kappa shape index (κ1) is 10.1. The van der Waals surface area contributed by atoms with Gasteiger partial charge in [0.05, 0.1) is 23.9 Å². The Morgan fingerprint density at radius 3 is 2.50 bits per heavy atom. The molecule has 6 heteroatoms. The van der Waals surface area contributed by atoms with Gasteiger partial charge in [-0.2, -0.15) is 8.75 Å². The zero-order valence-electron chi connectivity index (χ0n) is 8.11. The largest absolute Gasteiger partial charge is 0.372 e. The Morgan fingerprint density at radius 1 is 1.36 bits per heavy atom. The molecular weight excluding hydrogens is 222 g/mol. The summed E-state index contributed by atoms with van der Waals surface area (Å²) >= 11 is 7.07. The van der Waals surface area contributed by atoms with Crippen LogP contribution in [0.15, 0.2) is 0 Å². The monoisotopic (exact) mass is 233 g/mol. The van der Waals surface area contributed by atoms with E-state index in [1.807, 2.05) is 0 Å². The molecule has 0 N–H and O–H groups in total. The van der Waals surface area contributed by atoms with Crippen molar-refractivity contribution in [2.75, 3.05) is 18.0 Å². The van der Waals surface area contributed by atoms with Crippen LogP contribution in [0.5, 0.6) is 0 Å². The average molecular weight is 234 g/mol. The van der Waals surface area contributed by atoms with Gasteiger partial charge in [0.1, 0.15) is 0 Å². The standard InChI is InChI=1S/C8H12ClN3OS/c1-5-3-12(4-6(2)13-5)8-7(9)10-14-11-8/h5-6H,3-4H2,1-2H3/t5-,6+. The molecule has 1 saturated heterocycles. The zero-order chi connectivity index (χ0) is 10.1. The van der Waals surface area contributed by atoms with Crippen molar-refractivity contribution in [3.05, 3.63) is 5.15 Å². The highest BCUT2D eigenvalue weighted by Crippen LogP contribution is 2.25. The third-order valence-electron chi connectivity index (χ3n) is 2.15. The number of hydrogen-bond acceptors (Lipinski definition) is 5. The van der Waals surface area contributed by atoms with E-state index in [2.05, 4.69) is 27.5 Å². The van der Waals surface area contributed by atoms with E-state index in [1.165, 1.54) is 0 Å². The van der Waals surface area contributed by atoms with E-state index in [0.717, 1.165) is 30.6 Å². The van der Waals surface area contributed by atoms with Crippen molar-refractivity contribution in [3.8, 4) is 0 Å². The van der Waals surface area contributed by atoms with Crippen LogP contribution in [-0.4, -0.2) is 34.0 Å². The van der Waals surface area contributed by atoms with E-state index in [0.29, 0.717) is 5.15 Å². The molecular formula is C8H12ClN3OS. The minimum absolute atomic E-state index is 0.219. The van der Waals surface area contributed by atoms with Gasteiger partial charge in [0.15, 0.2) is 11.0 Å². The van der Waals surface area contributed by atoms with E-state index >= 15 is 0 Å². The summed E-state index contributed by atoms with van der Waals surface area (Å²) < 4.78 is 13.8. The Balaban J connectivity index is 2.15. The Labute approximate surface area is 92.2 Å². The highest BCUT2D eigenvalue weighted by Gasteiger charge is 2.25. The normalized spacial score (nSPS) is 28.1. The minimum Gasteiger partial charge on any atom is -0.372 e. The lowest BCUT2D eigenvalue weighted by molar-refractivity contribution is -0.00540. The summed E-state index contributed by atoms with van der Waals surface area (Å²) in [6.07, 6.45) is 0.438. The van der Waals surface area contributed by atoms with Gasteiger partial charge in [0.25, 0.3) is 0 Å². The molecule has 2 atom stereocenters. The van der Waals surface area contributed by atoms with Gasteiger partial charge in [0.2, 0.25) is 0 Å². The quantitative estimate of drug-likeness (QED) is 0.742. The maximum absolute atomic E-state index is 5.92. The highest BCUT2D eigenvalue weighted by atomic mass is 35.5. The van der Waals surface area contributed by atoms with Crippen molar-refractivity contribution in [1.29, 1.82) is 0 Å². The van der Waals surface area contributed by atoms with Gasteiger partial charge >= 0.3 is 0 Å². The summed E-state index contributed by atoms with van der Waals surface area (Å²) in [4.78, 5) is 2.13. The number of aromatic nitrogens is 2. The molecule has 2 heterocycles. The van der Waals surface area contributed by atoms with Gasteiger partial charge in [-0.05, 0) is 13.8 Å². The van der Waals surface area contributed by atoms with Crippen LogP contribution in [0.4, 0.5) is 5.82 Å². The number of nitrogens with zero attached hydrogens (tertiary/aromatic N) is 3. The lowest BCUT2D eigenvalue weighted by atomic mass is 10.2. The van der Waals surface area contributed by atoms with Crippen LogP contribution in [0.2, 0.25) is 5.15 Å². The van der Waals surface area contributed by atoms with E-state index in [-0.39, 0.29) is 12.2 Å². The smallest absolute Gasteiger partial charge is 0.187 e. The van der Waals surface area contributed by atoms with Crippen molar-refractivity contribution in [1.82, 2.24) is 8.75 Å². The van der Waals surface area contributed by atoms with Crippen LogP contribution in [0.3, 0.4) is 0 Å². The summed E-state index contributed by atoms with van der Waals surface area (Å²) in [5.41, 5.74) is 0. The lowest BCUT2D eigenvalue weighted by Crippen LogP contribution is -2.45. The zero-order valence-corrected chi connectivity index (χ0v) is 9.68. The molecule has 0 unspecified atom stereocenters. The molecule has 1 fully saturated rings. The summed E-state index contributed by atoms with van der Waals surface area (Å²) in [5.74, 6) is 0.790. The van der Waals surface area contributed by atoms with Crippen molar-refractivity contribution < 1.29 is 4.74 Å². The maximum atomic E-state index is 5.92. The molecule has 0 spiro atoms. The molecule has 0 bridgehead atoms. The second-order valence-electron chi connectivity index (χ2n) is 3.54. The van der Waals surface area contributed by atoms with E-state index < -0.39 is 0 Å². The number of morpholine rings is 1. The van der Waals surface area contributed by atoms with Crippen LogP contribution in [-0.2, 0) is 4.74 Å². The van der Waals surface area contributed by atoms with Gasteiger partial charge in [-0.25, -0.2) is 0 Å². The van der Waals surface area contributed by atoms with Crippen molar-refractivity contribution in [2.45, 2.75) is 26.1 Å². The Hall–Kier alpha value is -0.390. The molecule has 78 valence electrons. The topological polar surface area (TPSA) is 38.2 Å². The molecule has 1 aromatic heterocycles. The average Bonchev–Trinajstić information content (AvgIpc) is 2.49. The second kappa shape index (κ2) is 4.00. The number of ether oxygens (including phenoxy) is 1. The molecule has 4 nitrogen and oxygen atoms in total. The fraction of sp³-hybridized carbons (Fsp3) is 0.750. The third-order valence-corrected chi connectivity index (χ3v) is 3.02. The second-order valence-corrected chi connectivity index (χ2v) is 4.43. The number of rotatable bonds is 1. The Kier molecular flexibility index (Phi) is 2.90. The van der Waals surface area contributed by atoms with Crippen molar-refractivity contribution in [2.24, 2.45) is 0 Å². The molecule has 0 radical (unpaired) electrons. The van der Waals surface area contributed by atoms with Crippen molar-refractivity contribution in [3.63, 3.8) is 0 Å². The van der Waals surface area contributed by atoms with Gasteiger partial charge in [-0.3, -0.25) is 0 Å². The first-order chi connectivity index (χ1) is 6.66. The summed E-state index contributed by atoms with van der Waals surface area (Å²) in [6, 6.07) is 0. The van der Waals surface area contributed by atoms with E-state index in [1.54, 1.807) is 0 Å². The predicted molar refractivity (Wildman–Crippen MR) is 57.1 cm³/mol. The number of anilines is 1. The maximum Gasteiger partial charge on any atom is 0.187 e. The predicted octanol–water partition coefficient (Wildman–Crippen LogP) is 1.81. The molecule has 0 amide bonds. The SMILES string of the molecule is C[C@@H]1CN(c2nsnc2Cl)C[C@H](C)O1. The first-order valence-corrected chi connectivity index (χ1v) is 5.66. The van der Waals surface area contributed by atoms with Crippen LogP contribution < -0.4 is 4.90 Å². The minimum atomic E-state index is 0.219. The van der Waals surface area contributed by atoms with E-state index in [4.69, 9.17) is 16.3 Å². The fourth-order valence-electron chi connectivity index (χ4n) is 1.71. The van der Waals surface area contributed by atoms with Crippen LogP contribution in [0.25, 0.3) is 0 Å². The Morgan fingerprint density at radius 2 is 2.00 bits per heavy atom. The lowest BCUT2D eigenvalue weighted by Gasteiger charge is -2.35. The summed E-state index contributed by atoms with van der Waals surface area (Å²) in [7, 11) is 0. The van der Waals surface area contributed by atoms with E-state index in [9.17, 15) is 0 Å². The molecule has 2 rings (SSSR count). The van der Waals surface area contributed by atoms with Crippen LogP contribution in [0, 0.1) is 0 Å². The van der Waals surface area contributed by atoms with Gasteiger partial charge in [-0.1, -0.05) is 11.6 Å². The van der Waals surface area contributed by atoms with Crippen LogP contribution in [0.1, 0.15) is 13.8 Å². The fourth-order valence-corrected chi connectivity index (χ4v) is 2.49.